The first-order valence-corrected chi connectivity index (χ1v) is 11.6. The van der Waals surface area contributed by atoms with Gasteiger partial charge >= 0.3 is 0 Å². The van der Waals surface area contributed by atoms with E-state index in [-0.39, 0.29) is 11.8 Å². The average molecular weight is 421 g/mol. The van der Waals surface area contributed by atoms with Gasteiger partial charge < -0.3 is 15.0 Å². The number of benzene rings is 3. The molecule has 1 heterocycles. The average Bonchev–Trinajstić information content (AvgIpc) is 2.82. The SMILES string of the molecule is COc1ccc2cc([C@H](C)C(=O)NCc3ccc(N4CCSCC4)cc3)ccc2c1. The van der Waals surface area contributed by atoms with Crippen LogP contribution in [0.4, 0.5) is 5.69 Å². The van der Waals surface area contributed by atoms with Crippen molar-refractivity contribution in [3.8, 4) is 5.75 Å². The van der Waals surface area contributed by atoms with Gasteiger partial charge in [0, 0.05) is 36.8 Å². The maximum atomic E-state index is 12.7. The molecule has 1 saturated heterocycles. The Labute approximate surface area is 182 Å². The van der Waals surface area contributed by atoms with E-state index in [4.69, 9.17) is 4.74 Å². The van der Waals surface area contributed by atoms with Crippen LogP contribution in [0.25, 0.3) is 10.8 Å². The molecule has 4 rings (SSSR count). The lowest BCUT2D eigenvalue weighted by Gasteiger charge is -2.28. The van der Waals surface area contributed by atoms with Gasteiger partial charge in [0.25, 0.3) is 0 Å². The number of nitrogens with zero attached hydrogens (tertiary/aromatic N) is 1. The topological polar surface area (TPSA) is 41.6 Å². The number of anilines is 1. The van der Waals surface area contributed by atoms with E-state index in [1.807, 2.05) is 43.0 Å². The van der Waals surface area contributed by atoms with E-state index in [1.165, 1.54) is 17.2 Å². The monoisotopic (exact) mass is 420 g/mol. The molecule has 4 nitrogen and oxygen atoms in total. The summed E-state index contributed by atoms with van der Waals surface area (Å²) < 4.78 is 5.29. The predicted octanol–water partition coefficient (Wildman–Crippen LogP) is 4.82. The maximum absolute atomic E-state index is 12.7. The number of carbonyl (C=O) groups is 1. The van der Waals surface area contributed by atoms with Gasteiger partial charge in [-0.05, 0) is 53.1 Å². The Bertz CT molecular complexity index is 1010. The molecule has 3 aromatic rings. The molecule has 1 aliphatic rings. The van der Waals surface area contributed by atoms with E-state index in [0.29, 0.717) is 6.54 Å². The molecular formula is C25H28N2O2S. The van der Waals surface area contributed by atoms with Gasteiger partial charge in [-0.2, -0.15) is 11.8 Å². The third-order valence-corrected chi connectivity index (χ3v) is 6.69. The molecule has 0 saturated carbocycles. The molecule has 0 bridgehead atoms. The van der Waals surface area contributed by atoms with Crippen LogP contribution < -0.4 is 15.0 Å². The summed E-state index contributed by atoms with van der Waals surface area (Å²) in [6, 6.07) is 20.7. The third-order valence-electron chi connectivity index (χ3n) is 5.74. The van der Waals surface area contributed by atoms with Gasteiger partial charge in [-0.25, -0.2) is 0 Å². The van der Waals surface area contributed by atoms with Gasteiger partial charge in [-0.1, -0.05) is 36.4 Å². The number of amides is 1. The van der Waals surface area contributed by atoms with Crippen molar-refractivity contribution in [2.45, 2.75) is 19.4 Å². The lowest BCUT2D eigenvalue weighted by molar-refractivity contribution is -0.122. The minimum absolute atomic E-state index is 0.0417. The van der Waals surface area contributed by atoms with Crippen LogP contribution in [0.2, 0.25) is 0 Å². The van der Waals surface area contributed by atoms with Gasteiger partial charge in [0.1, 0.15) is 5.75 Å². The molecule has 156 valence electrons. The maximum Gasteiger partial charge on any atom is 0.227 e. The van der Waals surface area contributed by atoms with E-state index >= 15 is 0 Å². The molecule has 0 spiro atoms. The Hall–Kier alpha value is -2.66. The molecular weight excluding hydrogens is 392 g/mol. The summed E-state index contributed by atoms with van der Waals surface area (Å²) in [6.07, 6.45) is 0. The van der Waals surface area contributed by atoms with Gasteiger partial charge in [0.05, 0.1) is 13.0 Å². The fourth-order valence-corrected chi connectivity index (χ4v) is 4.68. The number of thioether (sulfide) groups is 1. The van der Waals surface area contributed by atoms with E-state index in [9.17, 15) is 4.79 Å². The molecule has 1 fully saturated rings. The standard InChI is InChI=1S/C25H28N2O2S/c1-18(20-5-6-22-16-24(29-2)10-7-21(22)15-20)25(28)26-17-19-3-8-23(9-4-19)27-11-13-30-14-12-27/h3-10,15-16,18H,11-14,17H2,1-2H3,(H,26,28)/t18-/m0/s1. The van der Waals surface area contributed by atoms with Gasteiger partial charge in [-0.3, -0.25) is 4.79 Å². The van der Waals surface area contributed by atoms with E-state index in [0.717, 1.165) is 40.7 Å². The summed E-state index contributed by atoms with van der Waals surface area (Å²) in [4.78, 5) is 15.2. The Morgan fingerprint density at radius 1 is 1.03 bits per heavy atom. The molecule has 1 N–H and O–H groups in total. The molecule has 0 aromatic heterocycles. The lowest BCUT2D eigenvalue weighted by Crippen LogP contribution is -2.32. The van der Waals surface area contributed by atoms with E-state index < -0.39 is 0 Å². The second-order valence-corrected chi connectivity index (χ2v) is 8.90. The van der Waals surface area contributed by atoms with Crippen LogP contribution in [-0.2, 0) is 11.3 Å². The quantitative estimate of drug-likeness (QED) is 0.621. The van der Waals surface area contributed by atoms with Crippen LogP contribution in [0.1, 0.15) is 24.0 Å². The first kappa shape index (κ1) is 20.6. The van der Waals surface area contributed by atoms with E-state index in [2.05, 4.69) is 46.6 Å². The van der Waals surface area contributed by atoms with Crippen molar-refractivity contribution in [2.75, 3.05) is 36.6 Å². The predicted molar refractivity (Wildman–Crippen MR) is 127 cm³/mol. The lowest BCUT2D eigenvalue weighted by atomic mass is 9.97. The van der Waals surface area contributed by atoms with Crippen LogP contribution in [-0.4, -0.2) is 37.6 Å². The highest BCUT2D eigenvalue weighted by Gasteiger charge is 2.16. The highest BCUT2D eigenvalue weighted by atomic mass is 32.2. The summed E-state index contributed by atoms with van der Waals surface area (Å²) in [7, 11) is 1.67. The Morgan fingerprint density at radius 2 is 1.73 bits per heavy atom. The molecule has 0 aliphatic carbocycles. The smallest absolute Gasteiger partial charge is 0.227 e. The fraction of sp³-hybridized carbons (Fsp3) is 0.320. The third kappa shape index (κ3) is 4.73. The van der Waals surface area contributed by atoms with Crippen molar-refractivity contribution >= 4 is 34.1 Å². The minimum atomic E-state index is -0.207. The number of nitrogens with one attached hydrogen (secondary N) is 1. The fourth-order valence-electron chi connectivity index (χ4n) is 3.78. The largest absolute Gasteiger partial charge is 0.497 e. The summed E-state index contributed by atoms with van der Waals surface area (Å²) in [5.41, 5.74) is 3.41. The highest BCUT2D eigenvalue weighted by Crippen LogP contribution is 2.25. The summed E-state index contributed by atoms with van der Waals surface area (Å²) >= 11 is 2.02. The van der Waals surface area contributed by atoms with Crippen molar-refractivity contribution < 1.29 is 9.53 Å². The Morgan fingerprint density at radius 3 is 2.47 bits per heavy atom. The Kier molecular flexibility index (Phi) is 6.48. The first-order valence-electron chi connectivity index (χ1n) is 10.4. The zero-order valence-electron chi connectivity index (χ0n) is 17.6. The molecule has 1 aliphatic heterocycles. The molecule has 5 heteroatoms. The molecule has 3 aromatic carbocycles. The number of carbonyl (C=O) groups excluding carboxylic acids is 1. The van der Waals surface area contributed by atoms with Crippen LogP contribution >= 0.6 is 11.8 Å². The van der Waals surface area contributed by atoms with Crippen molar-refractivity contribution in [3.05, 3.63) is 71.8 Å². The first-order chi connectivity index (χ1) is 14.6. The normalized spacial score (nSPS) is 15.1. The molecule has 1 atom stereocenters. The molecule has 0 unspecified atom stereocenters. The number of ether oxygens (including phenoxy) is 1. The molecule has 0 radical (unpaired) electrons. The number of methoxy groups -OCH3 is 1. The minimum Gasteiger partial charge on any atom is -0.497 e. The van der Waals surface area contributed by atoms with Crippen LogP contribution in [0, 0.1) is 0 Å². The van der Waals surface area contributed by atoms with Crippen molar-refractivity contribution in [1.82, 2.24) is 5.32 Å². The van der Waals surface area contributed by atoms with Crippen LogP contribution in [0.3, 0.4) is 0 Å². The van der Waals surface area contributed by atoms with Gasteiger partial charge in [-0.15, -0.1) is 0 Å². The number of rotatable bonds is 6. The Balaban J connectivity index is 1.37. The van der Waals surface area contributed by atoms with Crippen LogP contribution in [0.5, 0.6) is 5.75 Å². The number of fused-ring (bicyclic) bond motifs is 1. The van der Waals surface area contributed by atoms with Crippen LogP contribution in [0.15, 0.2) is 60.7 Å². The second kappa shape index (κ2) is 9.43. The zero-order chi connectivity index (χ0) is 20.9. The van der Waals surface area contributed by atoms with Gasteiger partial charge in [0.15, 0.2) is 0 Å². The highest BCUT2D eigenvalue weighted by molar-refractivity contribution is 7.99. The number of hydrogen-bond donors (Lipinski definition) is 1. The summed E-state index contributed by atoms with van der Waals surface area (Å²) in [6.45, 7) is 4.72. The van der Waals surface area contributed by atoms with Gasteiger partial charge in [0.2, 0.25) is 5.91 Å². The second-order valence-electron chi connectivity index (χ2n) is 7.68. The molecule has 30 heavy (non-hydrogen) atoms. The zero-order valence-corrected chi connectivity index (χ0v) is 18.4. The summed E-state index contributed by atoms with van der Waals surface area (Å²) in [5, 5.41) is 5.31. The summed E-state index contributed by atoms with van der Waals surface area (Å²) in [5.74, 6) is 3.06. The van der Waals surface area contributed by atoms with E-state index in [1.54, 1.807) is 7.11 Å². The van der Waals surface area contributed by atoms with Crippen molar-refractivity contribution in [3.63, 3.8) is 0 Å². The molecule has 1 amide bonds. The van der Waals surface area contributed by atoms with Crippen molar-refractivity contribution in [1.29, 1.82) is 0 Å². The number of hydrogen-bond acceptors (Lipinski definition) is 4. The van der Waals surface area contributed by atoms with Crippen molar-refractivity contribution in [2.24, 2.45) is 0 Å².